The van der Waals surface area contributed by atoms with E-state index in [2.05, 4.69) is 65.6 Å². The number of rotatable bonds is 5. The van der Waals surface area contributed by atoms with Crippen LogP contribution in [-0.2, 0) is 13.1 Å². The lowest BCUT2D eigenvalue weighted by Gasteiger charge is -2.41. The molecule has 0 heterocycles. The lowest BCUT2D eigenvalue weighted by atomic mass is 9.87. The second-order valence-electron chi connectivity index (χ2n) is 5.66. The first-order valence-corrected chi connectivity index (χ1v) is 7.31. The number of hydrogen-bond acceptors (Lipinski definition) is 2. The molecule has 1 aliphatic rings. The number of aliphatic hydroxyl groups excluding tert-OH is 1. The van der Waals surface area contributed by atoms with E-state index in [1.807, 2.05) is 0 Å². The SMILES string of the molecule is O[C@H]1C[C@H](N(Cc2ccccc2)Cc2ccccc2)C1. The third-order valence-electron chi connectivity index (χ3n) is 4.06. The Hall–Kier alpha value is -1.64. The molecular formula is C18H21NO. The van der Waals surface area contributed by atoms with Gasteiger partial charge in [0.25, 0.3) is 0 Å². The molecule has 2 heteroatoms. The van der Waals surface area contributed by atoms with Crippen molar-refractivity contribution >= 4 is 0 Å². The van der Waals surface area contributed by atoms with Gasteiger partial charge in [-0.2, -0.15) is 0 Å². The molecule has 2 aromatic carbocycles. The molecule has 0 unspecified atom stereocenters. The third kappa shape index (κ3) is 3.27. The molecule has 104 valence electrons. The minimum Gasteiger partial charge on any atom is -0.393 e. The molecule has 2 aromatic rings. The van der Waals surface area contributed by atoms with Crippen LogP contribution in [0, 0.1) is 0 Å². The highest BCUT2D eigenvalue weighted by Crippen LogP contribution is 2.28. The van der Waals surface area contributed by atoms with Crippen LogP contribution in [0.15, 0.2) is 60.7 Å². The van der Waals surface area contributed by atoms with Crippen LogP contribution in [-0.4, -0.2) is 22.2 Å². The maximum absolute atomic E-state index is 9.57. The molecule has 3 rings (SSSR count). The van der Waals surface area contributed by atoms with Gasteiger partial charge in [-0.25, -0.2) is 0 Å². The number of benzene rings is 2. The Morgan fingerprint density at radius 2 is 1.25 bits per heavy atom. The second-order valence-corrected chi connectivity index (χ2v) is 5.66. The number of aliphatic hydroxyl groups is 1. The van der Waals surface area contributed by atoms with E-state index in [0.29, 0.717) is 6.04 Å². The van der Waals surface area contributed by atoms with E-state index in [1.165, 1.54) is 11.1 Å². The van der Waals surface area contributed by atoms with Gasteiger partial charge in [-0.15, -0.1) is 0 Å². The molecule has 1 N–H and O–H groups in total. The van der Waals surface area contributed by atoms with Crippen molar-refractivity contribution < 1.29 is 5.11 Å². The average molecular weight is 267 g/mol. The summed E-state index contributed by atoms with van der Waals surface area (Å²) in [6, 6.07) is 21.7. The van der Waals surface area contributed by atoms with Crippen LogP contribution in [0.5, 0.6) is 0 Å². The molecule has 0 spiro atoms. The van der Waals surface area contributed by atoms with Crippen LogP contribution in [0.2, 0.25) is 0 Å². The summed E-state index contributed by atoms with van der Waals surface area (Å²) in [4.78, 5) is 2.48. The largest absolute Gasteiger partial charge is 0.393 e. The summed E-state index contributed by atoms with van der Waals surface area (Å²) in [5, 5.41) is 9.57. The topological polar surface area (TPSA) is 23.5 Å². The predicted octanol–water partition coefficient (Wildman–Crippen LogP) is 3.21. The van der Waals surface area contributed by atoms with E-state index in [9.17, 15) is 5.11 Å². The first-order valence-electron chi connectivity index (χ1n) is 7.31. The molecule has 20 heavy (non-hydrogen) atoms. The van der Waals surface area contributed by atoms with Gasteiger partial charge in [0.2, 0.25) is 0 Å². The molecule has 0 radical (unpaired) electrons. The van der Waals surface area contributed by atoms with Gasteiger partial charge in [0.1, 0.15) is 0 Å². The lowest BCUT2D eigenvalue weighted by Crippen LogP contribution is -2.46. The van der Waals surface area contributed by atoms with Crippen molar-refractivity contribution in [1.82, 2.24) is 4.90 Å². The Morgan fingerprint density at radius 1 is 0.800 bits per heavy atom. The third-order valence-corrected chi connectivity index (χ3v) is 4.06. The molecule has 1 aliphatic carbocycles. The maximum Gasteiger partial charge on any atom is 0.0570 e. The van der Waals surface area contributed by atoms with Crippen molar-refractivity contribution in [1.29, 1.82) is 0 Å². The molecule has 0 aliphatic heterocycles. The van der Waals surface area contributed by atoms with Crippen LogP contribution < -0.4 is 0 Å². The fourth-order valence-corrected chi connectivity index (χ4v) is 2.81. The number of hydrogen-bond donors (Lipinski definition) is 1. The molecule has 0 amide bonds. The zero-order valence-electron chi connectivity index (χ0n) is 11.7. The van der Waals surface area contributed by atoms with Crippen molar-refractivity contribution in [3.05, 3.63) is 71.8 Å². The number of nitrogens with zero attached hydrogens (tertiary/aromatic N) is 1. The van der Waals surface area contributed by atoms with Crippen molar-refractivity contribution in [3.63, 3.8) is 0 Å². The summed E-state index contributed by atoms with van der Waals surface area (Å²) < 4.78 is 0. The van der Waals surface area contributed by atoms with E-state index in [4.69, 9.17) is 0 Å². The average Bonchev–Trinajstić information content (AvgIpc) is 2.46. The monoisotopic (exact) mass is 267 g/mol. The van der Waals surface area contributed by atoms with Gasteiger partial charge >= 0.3 is 0 Å². The summed E-state index contributed by atoms with van der Waals surface area (Å²) in [7, 11) is 0. The second kappa shape index (κ2) is 6.21. The Kier molecular flexibility index (Phi) is 4.14. The lowest BCUT2D eigenvalue weighted by molar-refractivity contribution is -0.00586. The minimum absolute atomic E-state index is 0.103. The Labute approximate surface area is 120 Å². The van der Waals surface area contributed by atoms with E-state index in [0.717, 1.165) is 25.9 Å². The fraction of sp³-hybridized carbons (Fsp3) is 0.333. The zero-order valence-corrected chi connectivity index (χ0v) is 11.7. The van der Waals surface area contributed by atoms with Gasteiger partial charge in [-0.05, 0) is 24.0 Å². The predicted molar refractivity (Wildman–Crippen MR) is 81.2 cm³/mol. The maximum atomic E-state index is 9.57. The quantitative estimate of drug-likeness (QED) is 0.899. The van der Waals surface area contributed by atoms with E-state index in [-0.39, 0.29) is 6.10 Å². The summed E-state index contributed by atoms with van der Waals surface area (Å²) >= 11 is 0. The minimum atomic E-state index is -0.103. The van der Waals surface area contributed by atoms with Crippen LogP contribution in [0.3, 0.4) is 0 Å². The van der Waals surface area contributed by atoms with Crippen molar-refractivity contribution in [2.45, 2.75) is 38.1 Å². The van der Waals surface area contributed by atoms with Crippen LogP contribution in [0.25, 0.3) is 0 Å². The molecule has 0 atom stereocenters. The van der Waals surface area contributed by atoms with E-state index < -0.39 is 0 Å². The normalized spacial score (nSPS) is 21.7. The molecule has 2 nitrogen and oxygen atoms in total. The fourth-order valence-electron chi connectivity index (χ4n) is 2.81. The Morgan fingerprint density at radius 3 is 1.65 bits per heavy atom. The van der Waals surface area contributed by atoms with Gasteiger partial charge in [0.05, 0.1) is 6.10 Å². The highest BCUT2D eigenvalue weighted by Gasteiger charge is 2.32. The van der Waals surface area contributed by atoms with Crippen LogP contribution >= 0.6 is 0 Å². The van der Waals surface area contributed by atoms with Gasteiger partial charge in [0.15, 0.2) is 0 Å². The van der Waals surface area contributed by atoms with E-state index >= 15 is 0 Å². The van der Waals surface area contributed by atoms with Crippen molar-refractivity contribution in [2.24, 2.45) is 0 Å². The molecular weight excluding hydrogens is 246 g/mol. The van der Waals surface area contributed by atoms with Crippen molar-refractivity contribution in [2.75, 3.05) is 0 Å². The Bertz CT molecular complexity index is 478. The smallest absolute Gasteiger partial charge is 0.0570 e. The summed E-state index contributed by atoms with van der Waals surface area (Å²) in [5.41, 5.74) is 2.68. The van der Waals surface area contributed by atoms with Gasteiger partial charge in [0, 0.05) is 19.1 Å². The first kappa shape index (κ1) is 13.3. The Balaban J connectivity index is 1.71. The van der Waals surface area contributed by atoms with Crippen LogP contribution in [0.4, 0.5) is 0 Å². The summed E-state index contributed by atoms with van der Waals surface area (Å²) in [6.07, 6.45) is 1.70. The molecule has 0 aromatic heterocycles. The first-order chi connectivity index (χ1) is 9.81. The molecule has 0 bridgehead atoms. The van der Waals surface area contributed by atoms with Gasteiger partial charge in [-0.1, -0.05) is 60.7 Å². The molecule has 0 saturated heterocycles. The van der Waals surface area contributed by atoms with Crippen molar-refractivity contribution in [3.8, 4) is 0 Å². The summed E-state index contributed by atoms with van der Waals surface area (Å²) in [5.74, 6) is 0. The zero-order chi connectivity index (χ0) is 13.8. The summed E-state index contributed by atoms with van der Waals surface area (Å²) in [6.45, 7) is 1.90. The highest BCUT2D eigenvalue weighted by molar-refractivity contribution is 5.17. The standard InChI is InChI=1S/C18H21NO/c20-18-11-17(12-18)19(13-15-7-3-1-4-8-15)14-16-9-5-2-6-10-16/h1-10,17-18,20H,11-14H2/t17-,18-. The highest BCUT2D eigenvalue weighted by atomic mass is 16.3. The van der Waals surface area contributed by atoms with Gasteiger partial charge in [-0.3, -0.25) is 4.90 Å². The van der Waals surface area contributed by atoms with Gasteiger partial charge < -0.3 is 5.11 Å². The molecule has 1 saturated carbocycles. The molecule has 1 fully saturated rings. The van der Waals surface area contributed by atoms with Crippen LogP contribution in [0.1, 0.15) is 24.0 Å². The van der Waals surface area contributed by atoms with E-state index in [1.54, 1.807) is 0 Å².